The van der Waals surface area contributed by atoms with E-state index in [1.54, 1.807) is 16.8 Å². The molecule has 0 spiro atoms. The third kappa shape index (κ3) is 3.16. The molecule has 0 bridgehead atoms. The summed E-state index contributed by atoms with van der Waals surface area (Å²) in [4.78, 5) is 35.2. The van der Waals surface area contributed by atoms with Gasteiger partial charge < -0.3 is 4.90 Å². The fourth-order valence-electron chi connectivity index (χ4n) is 3.93. The van der Waals surface area contributed by atoms with Crippen LogP contribution in [0.15, 0.2) is 88.8 Å². The minimum atomic E-state index is -0.239. The number of rotatable bonds is 2. The van der Waals surface area contributed by atoms with Gasteiger partial charge in [0.2, 0.25) is 0 Å². The van der Waals surface area contributed by atoms with Gasteiger partial charge in [-0.1, -0.05) is 54.6 Å². The standard InChI is InChI=1S/C25H19N3O2S/c1-16-10-9-15-19-20(23(29)27(2)21(16)19)22-24(30)28(18-13-7-4-8-14-18)25(31-22)26-17-11-5-3-6-12-17/h3-15H,1-2H3/b22-20-,26-25?. The SMILES string of the molecule is Cc1cccc2c1N(C)C(=O)/C2=C1\SC(=Nc2ccccc2)N(c2ccccc2)C1=O. The summed E-state index contributed by atoms with van der Waals surface area (Å²) in [6.07, 6.45) is 0. The van der Waals surface area contributed by atoms with Crippen molar-refractivity contribution >= 4 is 51.4 Å². The van der Waals surface area contributed by atoms with Crippen molar-refractivity contribution in [3.8, 4) is 0 Å². The van der Waals surface area contributed by atoms with Crippen LogP contribution < -0.4 is 9.80 Å². The number of anilines is 2. The van der Waals surface area contributed by atoms with E-state index in [0.717, 1.165) is 22.5 Å². The Morgan fingerprint density at radius 2 is 1.48 bits per heavy atom. The second-order valence-electron chi connectivity index (χ2n) is 7.35. The molecule has 0 aromatic heterocycles. The fraction of sp³-hybridized carbons (Fsp3) is 0.0800. The second-order valence-corrected chi connectivity index (χ2v) is 8.32. The minimum absolute atomic E-state index is 0.172. The summed E-state index contributed by atoms with van der Waals surface area (Å²) in [5.74, 6) is -0.411. The van der Waals surface area contributed by atoms with Gasteiger partial charge in [0.1, 0.15) is 0 Å². The van der Waals surface area contributed by atoms with Gasteiger partial charge in [-0.15, -0.1) is 0 Å². The average Bonchev–Trinajstić information content (AvgIpc) is 3.23. The zero-order chi connectivity index (χ0) is 21.5. The maximum Gasteiger partial charge on any atom is 0.272 e. The lowest BCUT2D eigenvalue weighted by Gasteiger charge is -2.15. The molecule has 2 aliphatic heterocycles. The number of amidine groups is 1. The van der Waals surface area contributed by atoms with Crippen molar-refractivity contribution in [3.63, 3.8) is 0 Å². The van der Waals surface area contributed by atoms with Crippen molar-refractivity contribution in [2.45, 2.75) is 6.92 Å². The zero-order valence-corrected chi connectivity index (χ0v) is 17.9. The van der Waals surface area contributed by atoms with Crippen molar-refractivity contribution < 1.29 is 9.59 Å². The molecular weight excluding hydrogens is 406 g/mol. The van der Waals surface area contributed by atoms with Crippen molar-refractivity contribution in [1.29, 1.82) is 0 Å². The molecular formula is C25H19N3O2S. The quantitative estimate of drug-likeness (QED) is 0.534. The largest absolute Gasteiger partial charge is 0.310 e. The number of fused-ring (bicyclic) bond motifs is 1. The van der Waals surface area contributed by atoms with Crippen molar-refractivity contribution in [2.24, 2.45) is 4.99 Å². The van der Waals surface area contributed by atoms with Gasteiger partial charge in [-0.3, -0.25) is 14.5 Å². The number of amides is 2. The van der Waals surface area contributed by atoms with Crippen molar-refractivity contribution in [3.05, 3.63) is 94.9 Å². The Labute approximate surface area is 184 Å². The van der Waals surface area contributed by atoms with Gasteiger partial charge in [0.15, 0.2) is 5.17 Å². The summed E-state index contributed by atoms with van der Waals surface area (Å²) in [5, 5.41) is 0.529. The van der Waals surface area contributed by atoms with E-state index in [0.29, 0.717) is 21.3 Å². The molecule has 1 fully saturated rings. The molecule has 0 N–H and O–H groups in total. The average molecular weight is 426 g/mol. The van der Waals surface area contributed by atoms with Crippen LogP contribution in [-0.2, 0) is 9.59 Å². The zero-order valence-electron chi connectivity index (χ0n) is 17.1. The van der Waals surface area contributed by atoms with Crippen LogP contribution in [-0.4, -0.2) is 24.0 Å². The molecule has 0 unspecified atom stereocenters. The van der Waals surface area contributed by atoms with Crippen LogP contribution in [0.25, 0.3) is 5.57 Å². The first-order valence-corrected chi connectivity index (χ1v) is 10.7. The second kappa shape index (κ2) is 7.56. The third-order valence-corrected chi connectivity index (χ3v) is 6.40. The topological polar surface area (TPSA) is 53.0 Å². The lowest BCUT2D eigenvalue weighted by Crippen LogP contribution is -2.29. The third-order valence-electron chi connectivity index (χ3n) is 5.37. The van der Waals surface area contributed by atoms with Crippen LogP contribution in [0.3, 0.4) is 0 Å². The highest BCUT2D eigenvalue weighted by Gasteiger charge is 2.42. The maximum absolute atomic E-state index is 13.6. The Balaban J connectivity index is 1.71. The van der Waals surface area contributed by atoms with E-state index < -0.39 is 0 Å². The predicted molar refractivity (Wildman–Crippen MR) is 127 cm³/mol. The van der Waals surface area contributed by atoms with Gasteiger partial charge in [-0.05, 0) is 48.5 Å². The molecule has 0 saturated carbocycles. The number of hydrogen-bond acceptors (Lipinski definition) is 4. The predicted octanol–water partition coefficient (Wildman–Crippen LogP) is 5.15. The van der Waals surface area contributed by atoms with Gasteiger partial charge in [-0.25, -0.2) is 4.99 Å². The van der Waals surface area contributed by atoms with Gasteiger partial charge >= 0.3 is 0 Å². The Hall–Kier alpha value is -3.64. The molecule has 31 heavy (non-hydrogen) atoms. The summed E-state index contributed by atoms with van der Waals surface area (Å²) in [6, 6.07) is 24.7. The first-order valence-electron chi connectivity index (χ1n) is 9.89. The number of carbonyl (C=O) groups is 2. The molecule has 152 valence electrons. The van der Waals surface area contributed by atoms with Crippen molar-refractivity contribution in [1.82, 2.24) is 0 Å². The Bertz CT molecular complexity index is 1270. The monoisotopic (exact) mass is 425 g/mol. The Morgan fingerprint density at radius 1 is 0.806 bits per heavy atom. The Morgan fingerprint density at radius 3 is 2.19 bits per heavy atom. The van der Waals surface area contributed by atoms with Crippen LogP contribution in [0.4, 0.5) is 17.1 Å². The molecule has 3 aromatic rings. The van der Waals surface area contributed by atoms with Crippen molar-refractivity contribution in [2.75, 3.05) is 16.8 Å². The van der Waals surface area contributed by atoms with E-state index in [9.17, 15) is 9.59 Å². The van der Waals surface area contributed by atoms with Gasteiger partial charge in [0, 0.05) is 12.6 Å². The smallest absolute Gasteiger partial charge is 0.272 e. The van der Waals surface area contributed by atoms with Gasteiger partial charge in [0.25, 0.3) is 11.8 Å². The number of aliphatic imine (C=N–C) groups is 1. The van der Waals surface area contributed by atoms with Crippen LogP contribution in [0, 0.1) is 6.92 Å². The number of para-hydroxylation sites is 3. The summed E-state index contributed by atoms with van der Waals surface area (Å²) in [6.45, 7) is 1.97. The number of benzene rings is 3. The molecule has 0 atom stereocenters. The number of carbonyl (C=O) groups excluding carboxylic acids is 2. The Kier molecular flexibility index (Phi) is 4.71. The molecule has 2 amide bonds. The number of likely N-dealkylation sites (N-methyl/N-ethyl adjacent to an activating group) is 1. The minimum Gasteiger partial charge on any atom is -0.310 e. The van der Waals surface area contributed by atoms with E-state index in [2.05, 4.69) is 0 Å². The molecule has 5 rings (SSSR count). The molecule has 0 radical (unpaired) electrons. The van der Waals surface area contributed by atoms with Crippen LogP contribution in [0.5, 0.6) is 0 Å². The highest BCUT2D eigenvalue weighted by atomic mass is 32.2. The maximum atomic E-state index is 13.6. The summed E-state index contributed by atoms with van der Waals surface area (Å²) < 4.78 is 0. The summed E-state index contributed by atoms with van der Waals surface area (Å²) in [7, 11) is 1.75. The van der Waals surface area contributed by atoms with Gasteiger partial charge in [-0.2, -0.15) is 0 Å². The number of hydrogen-bond donors (Lipinski definition) is 0. The van der Waals surface area contributed by atoms with E-state index in [1.165, 1.54) is 11.8 Å². The molecule has 6 heteroatoms. The first-order chi connectivity index (χ1) is 15.1. The van der Waals surface area contributed by atoms with Crippen LogP contribution >= 0.6 is 11.8 Å². The summed E-state index contributed by atoms with van der Waals surface area (Å²) >= 11 is 1.25. The highest BCUT2D eigenvalue weighted by Crippen LogP contribution is 2.46. The number of aryl methyl sites for hydroxylation is 1. The fourth-order valence-corrected chi connectivity index (χ4v) is 5.02. The molecule has 3 aromatic carbocycles. The number of thioether (sulfide) groups is 1. The first kappa shape index (κ1) is 19.3. The van der Waals surface area contributed by atoms with E-state index in [1.807, 2.05) is 85.8 Å². The van der Waals surface area contributed by atoms with E-state index >= 15 is 0 Å². The summed E-state index contributed by atoms with van der Waals surface area (Å²) in [5.41, 5.74) is 4.54. The normalized spacial score (nSPS) is 19.5. The molecule has 2 heterocycles. The van der Waals surface area contributed by atoms with Crippen LogP contribution in [0.1, 0.15) is 11.1 Å². The molecule has 2 aliphatic rings. The van der Waals surface area contributed by atoms with E-state index in [4.69, 9.17) is 4.99 Å². The lowest BCUT2D eigenvalue weighted by molar-refractivity contribution is -0.115. The van der Waals surface area contributed by atoms with Gasteiger partial charge in [0.05, 0.1) is 27.5 Å². The molecule has 5 nitrogen and oxygen atoms in total. The highest BCUT2D eigenvalue weighted by molar-refractivity contribution is 8.19. The van der Waals surface area contributed by atoms with E-state index in [-0.39, 0.29) is 11.8 Å². The molecule has 0 aliphatic carbocycles. The lowest BCUT2D eigenvalue weighted by atomic mass is 10.0. The molecule has 1 saturated heterocycles. The van der Waals surface area contributed by atoms with Crippen LogP contribution in [0.2, 0.25) is 0 Å². The number of nitrogens with zero attached hydrogens (tertiary/aromatic N) is 3.